The van der Waals surface area contributed by atoms with Crippen molar-refractivity contribution in [1.82, 2.24) is 5.32 Å². The molecule has 0 aliphatic rings. The molecule has 1 N–H and O–H groups in total. The molecule has 1 atom stereocenters. The zero-order chi connectivity index (χ0) is 11.9. The van der Waals surface area contributed by atoms with E-state index in [0.29, 0.717) is 11.5 Å². The van der Waals surface area contributed by atoms with Crippen LogP contribution in [0.25, 0.3) is 0 Å². The molecule has 0 rings (SSSR count). The summed E-state index contributed by atoms with van der Waals surface area (Å²) in [5.41, 5.74) is 0.376. The molecular formula is C13H29NS. The molecule has 0 aromatic rings. The van der Waals surface area contributed by atoms with E-state index in [1.165, 1.54) is 17.9 Å². The summed E-state index contributed by atoms with van der Waals surface area (Å²) in [5, 5.41) is 3.59. The van der Waals surface area contributed by atoms with Crippen molar-refractivity contribution in [2.75, 3.05) is 18.1 Å². The second kappa shape index (κ2) is 7.56. The predicted octanol–water partition coefficient (Wildman–Crippen LogP) is 3.79. The molecule has 0 aliphatic heterocycles. The van der Waals surface area contributed by atoms with Crippen molar-refractivity contribution < 1.29 is 0 Å². The van der Waals surface area contributed by atoms with Crippen molar-refractivity contribution in [2.45, 2.75) is 54.0 Å². The standard InChI is InChI=1S/C13H29NS/c1-7-14-12(13(4,5)6)10-15-9-8-11(2)3/h11-12,14H,7-10H2,1-6H3. The average molecular weight is 231 g/mol. The van der Waals surface area contributed by atoms with Crippen LogP contribution in [0.1, 0.15) is 48.0 Å². The van der Waals surface area contributed by atoms with Gasteiger partial charge in [-0.15, -0.1) is 0 Å². The highest BCUT2D eigenvalue weighted by molar-refractivity contribution is 7.99. The number of nitrogens with one attached hydrogen (secondary N) is 1. The summed E-state index contributed by atoms with van der Waals surface area (Å²) in [7, 11) is 0. The van der Waals surface area contributed by atoms with E-state index in [1.54, 1.807) is 0 Å². The van der Waals surface area contributed by atoms with Crippen LogP contribution in [0.2, 0.25) is 0 Å². The van der Waals surface area contributed by atoms with Gasteiger partial charge in [0, 0.05) is 11.8 Å². The lowest BCUT2D eigenvalue weighted by molar-refractivity contribution is 0.295. The zero-order valence-electron chi connectivity index (χ0n) is 11.4. The quantitative estimate of drug-likeness (QED) is 0.669. The van der Waals surface area contributed by atoms with Crippen molar-refractivity contribution in [3.8, 4) is 0 Å². The van der Waals surface area contributed by atoms with Crippen molar-refractivity contribution in [3.63, 3.8) is 0 Å². The topological polar surface area (TPSA) is 12.0 Å². The highest BCUT2D eigenvalue weighted by atomic mass is 32.2. The van der Waals surface area contributed by atoms with Gasteiger partial charge < -0.3 is 5.32 Å². The van der Waals surface area contributed by atoms with Gasteiger partial charge in [-0.3, -0.25) is 0 Å². The fourth-order valence-corrected chi connectivity index (χ4v) is 3.04. The van der Waals surface area contributed by atoms with Crippen LogP contribution in [0.3, 0.4) is 0 Å². The maximum Gasteiger partial charge on any atom is 0.0206 e. The lowest BCUT2D eigenvalue weighted by Gasteiger charge is -2.31. The first-order chi connectivity index (χ1) is 6.88. The molecular weight excluding hydrogens is 202 g/mol. The van der Waals surface area contributed by atoms with Crippen molar-refractivity contribution in [3.05, 3.63) is 0 Å². The Kier molecular flexibility index (Phi) is 7.72. The van der Waals surface area contributed by atoms with E-state index in [1.807, 2.05) is 0 Å². The SMILES string of the molecule is CCNC(CSCCC(C)C)C(C)(C)C. The number of rotatable bonds is 7. The number of hydrogen-bond donors (Lipinski definition) is 1. The van der Waals surface area contributed by atoms with E-state index in [0.717, 1.165) is 12.5 Å². The molecule has 0 saturated carbocycles. The first-order valence-electron chi connectivity index (χ1n) is 6.19. The molecule has 92 valence electrons. The molecule has 1 unspecified atom stereocenters. The second-order valence-electron chi connectivity index (χ2n) is 5.73. The number of thioether (sulfide) groups is 1. The van der Waals surface area contributed by atoms with E-state index in [4.69, 9.17) is 0 Å². The Hall–Kier alpha value is 0.310. The third-order valence-electron chi connectivity index (χ3n) is 2.62. The van der Waals surface area contributed by atoms with Crippen LogP contribution in [0.15, 0.2) is 0 Å². The summed E-state index contributed by atoms with van der Waals surface area (Å²) in [6.07, 6.45) is 1.34. The smallest absolute Gasteiger partial charge is 0.0206 e. The molecule has 15 heavy (non-hydrogen) atoms. The fraction of sp³-hybridized carbons (Fsp3) is 1.00. The van der Waals surface area contributed by atoms with Gasteiger partial charge in [-0.1, -0.05) is 41.5 Å². The van der Waals surface area contributed by atoms with Crippen LogP contribution in [0, 0.1) is 11.3 Å². The zero-order valence-corrected chi connectivity index (χ0v) is 12.2. The van der Waals surface area contributed by atoms with Gasteiger partial charge in [0.15, 0.2) is 0 Å². The summed E-state index contributed by atoms with van der Waals surface area (Å²) in [5.74, 6) is 3.38. The Balaban J connectivity index is 3.77. The van der Waals surface area contributed by atoms with Crippen molar-refractivity contribution >= 4 is 11.8 Å². The minimum absolute atomic E-state index is 0.376. The maximum atomic E-state index is 3.59. The lowest BCUT2D eigenvalue weighted by atomic mass is 9.88. The van der Waals surface area contributed by atoms with Crippen LogP contribution in [-0.2, 0) is 0 Å². The largest absolute Gasteiger partial charge is 0.313 e. The Morgan fingerprint density at radius 1 is 1.20 bits per heavy atom. The molecule has 0 aliphatic carbocycles. The molecule has 0 radical (unpaired) electrons. The summed E-state index contributed by atoms with van der Waals surface area (Å²) >= 11 is 2.09. The molecule has 1 nitrogen and oxygen atoms in total. The van der Waals surface area contributed by atoms with E-state index in [2.05, 4.69) is 58.6 Å². The summed E-state index contributed by atoms with van der Waals surface area (Å²) in [6, 6.07) is 0.639. The van der Waals surface area contributed by atoms with Gasteiger partial charge in [-0.2, -0.15) is 11.8 Å². The van der Waals surface area contributed by atoms with Gasteiger partial charge in [0.1, 0.15) is 0 Å². The molecule has 0 spiro atoms. The summed E-state index contributed by atoms with van der Waals surface area (Å²) in [6.45, 7) is 14.8. The number of hydrogen-bond acceptors (Lipinski definition) is 2. The Morgan fingerprint density at radius 3 is 2.20 bits per heavy atom. The van der Waals surface area contributed by atoms with Gasteiger partial charge in [0.25, 0.3) is 0 Å². The Bertz CT molecular complexity index is 149. The predicted molar refractivity (Wildman–Crippen MR) is 73.7 cm³/mol. The second-order valence-corrected chi connectivity index (χ2v) is 6.88. The molecule has 2 heteroatoms. The summed E-state index contributed by atoms with van der Waals surface area (Å²) in [4.78, 5) is 0. The maximum absolute atomic E-state index is 3.59. The van der Waals surface area contributed by atoms with Gasteiger partial charge in [0.05, 0.1) is 0 Å². The van der Waals surface area contributed by atoms with Crippen LogP contribution >= 0.6 is 11.8 Å². The third kappa shape index (κ3) is 8.15. The highest BCUT2D eigenvalue weighted by Gasteiger charge is 2.23. The fourth-order valence-electron chi connectivity index (χ4n) is 1.38. The Morgan fingerprint density at radius 2 is 1.80 bits per heavy atom. The summed E-state index contributed by atoms with van der Waals surface area (Å²) < 4.78 is 0. The van der Waals surface area contributed by atoms with E-state index >= 15 is 0 Å². The molecule has 0 aromatic carbocycles. The molecule has 0 heterocycles. The minimum Gasteiger partial charge on any atom is -0.313 e. The molecule has 0 bridgehead atoms. The van der Waals surface area contributed by atoms with Gasteiger partial charge >= 0.3 is 0 Å². The molecule has 0 fully saturated rings. The van der Waals surface area contributed by atoms with Crippen LogP contribution < -0.4 is 5.32 Å². The normalized spacial score (nSPS) is 14.6. The minimum atomic E-state index is 0.376. The van der Waals surface area contributed by atoms with Crippen molar-refractivity contribution in [1.29, 1.82) is 0 Å². The van der Waals surface area contributed by atoms with Crippen LogP contribution in [0.4, 0.5) is 0 Å². The monoisotopic (exact) mass is 231 g/mol. The van der Waals surface area contributed by atoms with Gasteiger partial charge in [-0.05, 0) is 30.1 Å². The first kappa shape index (κ1) is 15.3. The van der Waals surface area contributed by atoms with Gasteiger partial charge in [0.2, 0.25) is 0 Å². The molecule has 0 amide bonds. The third-order valence-corrected chi connectivity index (χ3v) is 3.71. The molecule has 0 saturated heterocycles. The van der Waals surface area contributed by atoms with E-state index < -0.39 is 0 Å². The Labute approximate surface area is 101 Å². The molecule has 0 aromatic heterocycles. The van der Waals surface area contributed by atoms with Crippen LogP contribution in [-0.4, -0.2) is 24.1 Å². The average Bonchev–Trinajstić information content (AvgIpc) is 2.08. The van der Waals surface area contributed by atoms with Crippen molar-refractivity contribution in [2.24, 2.45) is 11.3 Å². The highest BCUT2D eigenvalue weighted by Crippen LogP contribution is 2.23. The van der Waals surface area contributed by atoms with Gasteiger partial charge in [-0.25, -0.2) is 0 Å². The first-order valence-corrected chi connectivity index (χ1v) is 7.34. The van der Waals surface area contributed by atoms with Crippen LogP contribution in [0.5, 0.6) is 0 Å². The van der Waals surface area contributed by atoms with E-state index in [9.17, 15) is 0 Å². The lowest BCUT2D eigenvalue weighted by Crippen LogP contribution is -2.42. The van der Waals surface area contributed by atoms with E-state index in [-0.39, 0.29) is 0 Å².